The van der Waals surface area contributed by atoms with Crippen molar-refractivity contribution in [1.82, 2.24) is 63.8 Å². The number of anilines is 4. The number of ether oxygens (including phenoxy) is 6. The number of rotatable bonds is 57. The normalized spacial score (nSPS) is 17.7. The predicted octanol–water partition coefficient (Wildman–Crippen LogP) is -1.60. The number of hydrogen-bond acceptors (Lipinski definition) is 32. The van der Waals surface area contributed by atoms with E-state index in [9.17, 15) is 125 Å². The maximum Gasteiger partial charge on any atom is 0.407 e. The third-order valence-electron chi connectivity index (χ3n) is 26.1. The van der Waals surface area contributed by atoms with Crippen LogP contribution in [0, 0.1) is 29.6 Å². The van der Waals surface area contributed by atoms with Gasteiger partial charge in [-0.15, -0.1) is 11.8 Å². The maximum atomic E-state index is 15.4. The summed E-state index contributed by atoms with van der Waals surface area (Å²) in [5, 5.41) is 197. The lowest BCUT2D eigenvalue weighted by molar-refractivity contribution is -0.126. The Balaban J connectivity index is 1.12. The zero-order chi connectivity index (χ0) is 108. The number of hydrogen-bond donors (Lipinski definition) is 31. The van der Waals surface area contributed by atoms with Crippen LogP contribution in [-0.4, -0.2) is 360 Å². The molecule has 0 saturated heterocycles. The highest BCUT2D eigenvalue weighted by Crippen LogP contribution is 2.52. The molecule has 16 amide bonds. The van der Waals surface area contributed by atoms with Crippen molar-refractivity contribution in [3.05, 3.63) is 115 Å². The molecule has 0 aromatic heterocycles. The highest BCUT2D eigenvalue weighted by Gasteiger charge is 2.49. The fraction of sp³-hybridized carbons (Fsp3) is 0.630. The van der Waals surface area contributed by atoms with Gasteiger partial charge in [-0.3, -0.25) is 24.0 Å². The molecule has 4 aromatic rings. The van der Waals surface area contributed by atoms with E-state index in [0.717, 1.165) is 65.1 Å². The lowest BCUT2D eigenvalue weighted by Gasteiger charge is -2.35. The Morgan fingerprint density at radius 3 is 1.22 bits per heavy atom. The number of nitrogens with one attached hydrogen (secondary N) is 16. The zero-order valence-corrected chi connectivity index (χ0v) is 84.9. The minimum Gasteiger partial charge on any atom is -0.449 e. The van der Waals surface area contributed by atoms with Gasteiger partial charge in [-0.1, -0.05) is 46.8 Å². The van der Waals surface area contributed by atoms with Gasteiger partial charge >= 0.3 is 36.2 Å². The molecule has 31 N–H and O–H groups in total. The molecule has 15 atom stereocenters. The van der Waals surface area contributed by atoms with Crippen molar-refractivity contribution in [3.63, 3.8) is 0 Å². The molecule has 148 heavy (non-hydrogen) atoms. The van der Waals surface area contributed by atoms with Crippen LogP contribution in [0.3, 0.4) is 0 Å². The summed E-state index contributed by atoms with van der Waals surface area (Å²) in [6.45, 7) is 7.33. The minimum absolute atomic E-state index is 0.00321. The first-order chi connectivity index (χ1) is 71.0. The highest BCUT2D eigenvalue weighted by molar-refractivity contribution is 6.04. The van der Waals surface area contributed by atoms with E-state index in [0.29, 0.717) is 144 Å². The standard InChI is InChI=1S/C100H154N16O32/c1-7-58-43-59(8-2)63-44-60(58)17-16-30-103-95(138)114-76-46-62(93(136)116-100(27-24-83(126)105-51-77(120)86(129)89(132)80(123)54-117,28-25-84(127)106-52-78(121)87(130)90(133)81(124)55-118)29-26-85(128)107-53-79(122)88(131)91(134)82(125)56-119)21-23-74(76)113-98(141)111-50-71-65(10-4)69(48-109-94(137)101-6)64(9-3)70(66(71)11-5)49-110-97(140)112-73-22-20-61(45-75(73)115-96(139)108-47-63)92(135)102-31-33-143-35-37-145-39-41-147-42-40-146-38-36-144-34-32-104-99(142)148-57-72-67-18-14-12-13-15-19-68(67)72/h20-23,43-46,67-68,72,77-82,86-91,117-125,129-134H,7-11,14-19,24-42,47-57H2,1-6H3,(H,102,135)(H,104,142)(H,105,126)(H,106,127)(H,107,128)(H,116,136)(H2,101,109,137)(H2,103,114,138)(H2,108,115,139)(H2,110,112,140)(H2,111,113,141)/t67-,68+,72?,77-,78-,79-,80+,81+,82+,86+,87+,88+,89+,90+,91+/m0/s1. The van der Waals surface area contributed by atoms with Crippen LogP contribution in [0.4, 0.5) is 51.5 Å². The number of aryl methyl sites for hydroxylation is 3. The van der Waals surface area contributed by atoms with E-state index in [4.69, 9.17) is 28.4 Å². The fourth-order valence-corrected chi connectivity index (χ4v) is 17.5. The third kappa shape index (κ3) is 40.5. The average molecular weight is 2090 g/mol. The summed E-state index contributed by atoms with van der Waals surface area (Å²) in [6.07, 6.45) is -21.8. The van der Waals surface area contributed by atoms with Crippen LogP contribution in [0.1, 0.15) is 182 Å². The summed E-state index contributed by atoms with van der Waals surface area (Å²) < 4.78 is 33.6. The number of alkyl carbamates (subject to hydrolysis) is 1. The number of aliphatic hydroxyl groups is 15. The quantitative estimate of drug-likeness (QED) is 0.0175. The van der Waals surface area contributed by atoms with Gasteiger partial charge in [-0.25, -0.2) is 28.8 Å². The first-order valence-corrected chi connectivity index (χ1v) is 50.4. The molecule has 2 aliphatic carbocycles. The molecule has 4 aromatic carbocycles. The number of carbonyl (C=O) groups is 11. The van der Waals surface area contributed by atoms with Crippen LogP contribution in [0.15, 0.2) is 48.5 Å². The van der Waals surface area contributed by atoms with Crippen molar-refractivity contribution in [2.24, 2.45) is 17.8 Å². The molecular weight excluding hydrogens is 1940 g/mol. The van der Waals surface area contributed by atoms with Crippen molar-refractivity contribution >= 4 is 88.5 Å². The molecule has 1 aliphatic heterocycles. The Labute approximate surface area is 859 Å². The molecule has 0 radical (unpaired) electrons. The number of fused-ring (bicyclic) bond motifs is 7. The third-order valence-corrected chi connectivity index (χ3v) is 26.1. The van der Waals surface area contributed by atoms with Crippen LogP contribution in [0.25, 0.3) is 0 Å². The van der Waals surface area contributed by atoms with Gasteiger partial charge in [0.1, 0.15) is 54.9 Å². The van der Waals surface area contributed by atoms with Gasteiger partial charge in [0.2, 0.25) is 17.7 Å². The van der Waals surface area contributed by atoms with E-state index >= 15 is 4.79 Å². The Morgan fingerprint density at radius 1 is 0.419 bits per heavy atom. The summed E-state index contributed by atoms with van der Waals surface area (Å²) in [5.74, 6) is 3.56. The Bertz CT molecular complexity index is 4840. The van der Waals surface area contributed by atoms with Crippen molar-refractivity contribution < 1.29 is 158 Å². The van der Waals surface area contributed by atoms with Crippen LogP contribution in [-0.2, 0) is 108 Å². The number of carbonyl (C=O) groups excluding carboxylic acids is 11. The van der Waals surface area contributed by atoms with Crippen LogP contribution >= 0.6 is 0 Å². The molecule has 4 bridgehead atoms. The monoisotopic (exact) mass is 2090 g/mol. The average Bonchev–Trinajstić information content (AvgIpc) is 1.41. The van der Waals surface area contributed by atoms with Crippen molar-refractivity contribution in [3.8, 4) is 11.8 Å². The lowest BCUT2D eigenvalue weighted by Crippen LogP contribution is -2.52. The van der Waals surface area contributed by atoms with Gasteiger partial charge in [-0.05, 0) is 187 Å². The van der Waals surface area contributed by atoms with E-state index in [1.54, 1.807) is 0 Å². The molecule has 826 valence electrons. The molecular formula is C100H154N16O32. The SMILES string of the molecule is CCc1cc(CC)c2cc1CCCNC(=O)Nc1cc(C(=O)NC(CCC(=O)NC[C@H](O)[C@@H](O)[C@H](O)[C@H](O)CO)(CCC(=O)NC[C@H](O)[C@@H](O)[C@H](O)[C@H](O)CO)CCC(=O)NC[C@H](O)[C@@H](O)[C@H](O)[C@H](O)CO)ccc1NC(=O)NCc1c(CC)c(CNC(=O)NC)c(CC)c(c1CC)CNC(=O)Nc1ccc(C(=O)NCCOCCOCCOCCOCCOCCNC(=O)OCC3[C@H]4CCC#CCC[C@@H]34)cc1NC(=O)NC2. The Hall–Kier alpha value is -11.4. The minimum atomic E-state index is -2.14. The fourth-order valence-electron chi connectivity index (χ4n) is 17.5. The smallest absolute Gasteiger partial charge is 0.407 e. The van der Waals surface area contributed by atoms with Crippen LogP contribution in [0.2, 0.25) is 0 Å². The van der Waals surface area contributed by atoms with Gasteiger partial charge in [0.25, 0.3) is 11.8 Å². The van der Waals surface area contributed by atoms with Crippen molar-refractivity contribution in [2.75, 3.05) is 160 Å². The van der Waals surface area contributed by atoms with Gasteiger partial charge < -0.3 is 190 Å². The van der Waals surface area contributed by atoms with Gasteiger partial charge in [0.05, 0.1) is 134 Å². The van der Waals surface area contributed by atoms with Gasteiger partial charge in [-0.2, -0.15) is 0 Å². The summed E-state index contributed by atoms with van der Waals surface area (Å²) in [7, 11) is 1.44. The second-order valence-electron chi connectivity index (χ2n) is 36.2. The van der Waals surface area contributed by atoms with E-state index < -0.39 is 223 Å². The van der Waals surface area contributed by atoms with Crippen LogP contribution in [0.5, 0.6) is 0 Å². The summed E-state index contributed by atoms with van der Waals surface area (Å²) in [5.41, 5.74) is 5.16. The van der Waals surface area contributed by atoms with Gasteiger partial charge in [0, 0.05) is 121 Å². The number of benzene rings is 4. The predicted molar refractivity (Wildman–Crippen MR) is 540 cm³/mol. The van der Waals surface area contributed by atoms with E-state index in [1.165, 1.54) is 37.4 Å². The first kappa shape index (κ1) is 124. The largest absolute Gasteiger partial charge is 0.449 e. The van der Waals surface area contributed by atoms with E-state index in [-0.39, 0.29) is 93.0 Å². The molecule has 48 heteroatoms. The second-order valence-corrected chi connectivity index (χ2v) is 36.2. The maximum absolute atomic E-state index is 15.4. The molecule has 0 spiro atoms. The topological polar surface area (TPSA) is 739 Å². The molecule has 48 nitrogen and oxygen atoms in total. The lowest BCUT2D eigenvalue weighted by atomic mass is 9.82. The van der Waals surface area contributed by atoms with E-state index in [1.807, 2.05) is 46.8 Å². The second kappa shape index (κ2) is 65.6. The molecule has 1 unspecified atom stereocenters. The molecule has 7 rings (SSSR count). The highest BCUT2D eigenvalue weighted by atomic mass is 16.6. The van der Waals surface area contributed by atoms with Crippen molar-refractivity contribution in [1.29, 1.82) is 0 Å². The Morgan fingerprint density at radius 2 is 0.804 bits per heavy atom. The number of aliphatic hydroxyl groups excluding tert-OH is 15. The van der Waals surface area contributed by atoms with Gasteiger partial charge in [0.15, 0.2) is 0 Å². The summed E-state index contributed by atoms with van der Waals surface area (Å²) in [6, 6.07) is 8.22. The number of urea groups is 5. The summed E-state index contributed by atoms with van der Waals surface area (Å²) in [4.78, 5) is 155. The Kier molecular flexibility index (Phi) is 54.7. The van der Waals surface area contributed by atoms with E-state index in [2.05, 4.69) is 96.9 Å². The molecule has 1 fully saturated rings. The van der Waals surface area contributed by atoms with Crippen molar-refractivity contribution in [2.45, 2.75) is 249 Å². The number of amides is 16. The van der Waals surface area contributed by atoms with Crippen LogP contribution < -0.4 is 85.1 Å². The zero-order valence-electron chi connectivity index (χ0n) is 84.9. The first-order valence-electron chi connectivity index (χ1n) is 50.4. The molecule has 1 heterocycles. The summed E-state index contributed by atoms with van der Waals surface area (Å²) >= 11 is 0. The molecule has 3 aliphatic rings. The molecule has 1 saturated carbocycles.